The van der Waals surface area contributed by atoms with Crippen molar-refractivity contribution < 1.29 is 13.3 Å². The van der Waals surface area contributed by atoms with Gasteiger partial charge in [0.1, 0.15) is 0 Å². The predicted octanol–water partition coefficient (Wildman–Crippen LogP) is 4.58. The maximum absolute atomic E-state index is 6.19. The Morgan fingerprint density at radius 3 is 1.95 bits per heavy atom. The van der Waals surface area contributed by atoms with Gasteiger partial charge in [0.15, 0.2) is 0 Å². The van der Waals surface area contributed by atoms with E-state index < -0.39 is 8.80 Å². The van der Waals surface area contributed by atoms with Crippen LogP contribution in [0.4, 0.5) is 0 Å². The number of allylic oxidation sites excluding steroid dienone is 6. The maximum Gasteiger partial charge on any atom is 0.533 e. The van der Waals surface area contributed by atoms with Gasteiger partial charge in [-0.25, -0.2) is 0 Å². The summed E-state index contributed by atoms with van der Waals surface area (Å²) in [6.07, 6.45) is 15.4. The minimum Gasteiger partial charge on any atom is -0.370 e. The Bertz CT molecular complexity index is 339. The first-order chi connectivity index (χ1) is 10.3. The topological polar surface area (TPSA) is 27.7 Å². The highest BCUT2D eigenvalue weighted by molar-refractivity contribution is 6.68. The van der Waals surface area contributed by atoms with Gasteiger partial charge >= 0.3 is 8.80 Å². The van der Waals surface area contributed by atoms with Crippen molar-refractivity contribution in [3.8, 4) is 0 Å². The third-order valence-corrected chi connectivity index (χ3v) is 6.07. The molecule has 3 nitrogen and oxygen atoms in total. The van der Waals surface area contributed by atoms with Crippen LogP contribution >= 0.6 is 0 Å². The van der Waals surface area contributed by atoms with Crippen LogP contribution in [0.25, 0.3) is 0 Å². The first-order valence-corrected chi connectivity index (χ1v) is 9.96. The van der Waals surface area contributed by atoms with Crippen molar-refractivity contribution >= 4 is 8.80 Å². The van der Waals surface area contributed by atoms with Crippen LogP contribution in [0.3, 0.4) is 0 Å². The van der Waals surface area contributed by atoms with Crippen molar-refractivity contribution in [2.75, 3.05) is 19.8 Å². The monoisotopic (exact) mass is 310 g/mol. The largest absolute Gasteiger partial charge is 0.533 e. The maximum atomic E-state index is 6.19. The molecular weight excluding hydrogens is 280 g/mol. The first kappa shape index (κ1) is 18.4. The van der Waals surface area contributed by atoms with Crippen molar-refractivity contribution in [3.05, 3.63) is 35.6 Å². The molecule has 0 unspecified atom stereocenters. The lowest BCUT2D eigenvalue weighted by Crippen LogP contribution is -2.49. The molecule has 0 heterocycles. The Hall–Kier alpha value is -0.683. The molecule has 0 spiro atoms. The van der Waals surface area contributed by atoms with Gasteiger partial charge in [-0.05, 0) is 32.1 Å². The van der Waals surface area contributed by atoms with E-state index >= 15 is 0 Å². The number of hydrogen-bond acceptors (Lipinski definition) is 3. The summed E-state index contributed by atoms with van der Waals surface area (Å²) in [6.45, 7) is 8.43. The normalized spacial score (nSPS) is 21.2. The summed E-state index contributed by atoms with van der Waals surface area (Å²) in [4.78, 5) is 0. The Morgan fingerprint density at radius 2 is 1.43 bits per heavy atom. The van der Waals surface area contributed by atoms with Crippen LogP contribution < -0.4 is 0 Å². The van der Waals surface area contributed by atoms with Gasteiger partial charge in [-0.15, -0.1) is 0 Å². The summed E-state index contributed by atoms with van der Waals surface area (Å²) in [6, 6.07) is 0. The van der Waals surface area contributed by atoms with Crippen LogP contribution in [0.1, 0.15) is 52.9 Å². The molecule has 4 heteroatoms. The van der Waals surface area contributed by atoms with Gasteiger partial charge in [-0.2, -0.15) is 0 Å². The van der Waals surface area contributed by atoms with Gasteiger partial charge in [-0.3, -0.25) is 0 Å². The summed E-state index contributed by atoms with van der Waals surface area (Å²) >= 11 is 0. The molecule has 0 amide bonds. The molecule has 0 saturated carbocycles. The second kappa shape index (κ2) is 11.0. The second-order valence-electron chi connectivity index (χ2n) is 5.15. The lowest BCUT2D eigenvalue weighted by atomic mass is 10.2. The molecule has 120 valence electrons. The average molecular weight is 311 g/mol. The summed E-state index contributed by atoms with van der Waals surface area (Å²) in [5, 5.41) is 1.21. The summed E-state index contributed by atoms with van der Waals surface area (Å²) in [7, 11) is -2.74. The van der Waals surface area contributed by atoms with Crippen LogP contribution in [0, 0.1) is 0 Å². The van der Waals surface area contributed by atoms with Crippen molar-refractivity contribution in [2.24, 2.45) is 0 Å². The van der Waals surface area contributed by atoms with Crippen LogP contribution in [0.15, 0.2) is 35.6 Å². The molecule has 0 aromatic carbocycles. The van der Waals surface area contributed by atoms with E-state index in [0.717, 1.165) is 32.1 Å². The highest BCUT2D eigenvalue weighted by Gasteiger charge is 2.45. The van der Waals surface area contributed by atoms with Gasteiger partial charge in [0.05, 0.1) is 0 Å². The summed E-state index contributed by atoms with van der Waals surface area (Å²) in [5.41, 5.74) is 0. The first-order valence-electron chi connectivity index (χ1n) is 8.23. The smallest absolute Gasteiger partial charge is 0.370 e. The molecule has 0 atom stereocenters. The Balaban J connectivity index is 2.98. The molecule has 0 aromatic rings. The molecular formula is C17H30O3Si. The van der Waals surface area contributed by atoms with E-state index in [4.69, 9.17) is 13.3 Å². The predicted molar refractivity (Wildman–Crippen MR) is 90.1 cm³/mol. The fraction of sp³-hybridized carbons (Fsp3) is 0.647. The van der Waals surface area contributed by atoms with Crippen molar-refractivity contribution in [2.45, 2.75) is 52.9 Å². The zero-order valence-corrected chi connectivity index (χ0v) is 14.8. The van der Waals surface area contributed by atoms with Gasteiger partial charge in [0.25, 0.3) is 0 Å². The molecule has 0 saturated heterocycles. The van der Waals surface area contributed by atoms with Gasteiger partial charge in [0.2, 0.25) is 0 Å². The number of rotatable bonds is 10. The standard InChI is InChI=1S/C17H30O3Si/c1-4-14-18-21(19-15-5-2,20-16-6-3)17-12-10-8-7-9-11-13-17/h7-10,12H,4-6,11,13-16H2,1-3H3/b9-7-,10-8-,17-12+. The SMILES string of the molecule is CCCO[Si](OCCC)(OCCC)/C1=C/C=C\C=C/CC1. The molecule has 0 fully saturated rings. The van der Waals surface area contributed by atoms with Crippen LogP contribution in [-0.2, 0) is 13.3 Å². The Morgan fingerprint density at radius 1 is 0.857 bits per heavy atom. The molecule has 1 aliphatic rings. The fourth-order valence-electron chi connectivity index (χ4n) is 2.10. The van der Waals surface area contributed by atoms with Crippen LogP contribution in [0.2, 0.25) is 0 Å². The second-order valence-corrected chi connectivity index (χ2v) is 7.77. The average Bonchev–Trinajstić information content (AvgIpc) is 2.47. The van der Waals surface area contributed by atoms with Gasteiger partial charge in [-0.1, -0.05) is 51.2 Å². The molecule has 21 heavy (non-hydrogen) atoms. The minimum absolute atomic E-state index is 0.691. The zero-order valence-electron chi connectivity index (χ0n) is 13.8. The molecule has 0 aliphatic heterocycles. The van der Waals surface area contributed by atoms with E-state index in [2.05, 4.69) is 51.2 Å². The summed E-state index contributed by atoms with van der Waals surface area (Å²) in [5.74, 6) is 0. The van der Waals surface area contributed by atoms with Crippen molar-refractivity contribution in [3.63, 3.8) is 0 Å². The van der Waals surface area contributed by atoms with Crippen molar-refractivity contribution in [1.82, 2.24) is 0 Å². The van der Waals surface area contributed by atoms with Crippen LogP contribution in [0.5, 0.6) is 0 Å². The zero-order chi connectivity index (χ0) is 15.4. The van der Waals surface area contributed by atoms with Gasteiger partial charge < -0.3 is 13.3 Å². The Kier molecular flexibility index (Phi) is 9.59. The van der Waals surface area contributed by atoms with E-state index in [-0.39, 0.29) is 0 Å². The van der Waals surface area contributed by atoms with Gasteiger partial charge in [0, 0.05) is 25.0 Å². The van der Waals surface area contributed by atoms with E-state index in [1.165, 1.54) is 5.20 Å². The van der Waals surface area contributed by atoms with E-state index in [9.17, 15) is 0 Å². The quantitative estimate of drug-likeness (QED) is 0.553. The highest BCUT2D eigenvalue weighted by Crippen LogP contribution is 2.26. The van der Waals surface area contributed by atoms with E-state index in [0.29, 0.717) is 19.8 Å². The molecule has 0 radical (unpaired) electrons. The molecule has 0 bridgehead atoms. The summed E-state index contributed by atoms with van der Waals surface area (Å²) < 4.78 is 18.6. The molecule has 1 rings (SSSR count). The van der Waals surface area contributed by atoms with Crippen molar-refractivity contribution in [1.29, 1.82) is 0 Å². The minimum atomic E-state index is -2.74. The highest BCUT2D eigenvalue weighted by atomic mass is 28.4. The third kappa shape index (κ3) is 6.30. The third-order valence-electron chi connectivity index (χ3n) is 3.12. The molecule has 1 aliphatic carbocycles. The fourth-order valence-corrected chi connectivity index (χ4v) is 5.08. The Labute approximate surface area is 131 Å². The molecule has 0 N–H and O–H groups in total. The van der Waals surface area contributed by atoms with Crippen LogP contribution in [-0.4, -0.2) is 28.6 Å². The molecule has 0 aromatic heterocycles. The lowest BCUT2D eigenvalue weighted by Gasteiger charge is -2.31. The lowest BCUT2D eigenvalue weighted by molar-refractivity contribution is 0.0674. The van der Waals surface area contributed by atoms with E-state index in [1.54, 1.807) is 0 Å². The van der Waals surface area contributed by atoms with E-state index in [1.807, 2.05) is 0 Å². The number of hydrogen-bond donors (Lipinski definition) is 0.